The summed E-state index contributed by atoms with van der Waals surface area (Å²) in [5, 5.41) is 16.2. The van der Waals surface area contributed by atoms with Gasteiger partial charge in [-0.3, -0.25) is 9.20 Å². The maximum atomic E-state index is 12.5. The molecule has 2 aromatic heterocycles. The lowest BCUT2D eigenvalue weighted by Crippen LogP contribution is -2.22. The zero-order valence-corrected chi connectivity index (χ0v) is 13.1. The number of aliphatic hydroxyl groups is 1. The number of nitrogens with one attached hydrogen (secondary N) is 2. The third kappa shape index (κ3) is 2.99. The van der Waals surface area contributed by atoms with Crippen LogP contribution in [0.15, 0.2) is 47.4 Å². The number of halogens is 1. The number of fused-ring (bicyclic) bond motifs is 1. The third-order valence-corrected chi connectivity index (χ3v) is 3.69. The molecule has 3 rings (SSSR count). The summed E-state index contributed by atoms with van der Waals surface area (Å²) in [5.74, 6) is 0.313. The van der Waals surface area contributed by atoms with Crippen molar-refractivity contribution < 1.29 is 5.11 Å². The molecular weight excluding hydrogens is 316 g/mol. The van der Waals surface area contributed by atoms with Gasteiger partial charge in [-0.1, -0.05) is 17.7 Å². The summed E-state index contributed by atoms with van der Waals surface area (Å²) >= 11 is 5.97. The Kier molecular flexibility index (Phi) is 4.18. The summed E-state index contributed by atoms with van der Waals surface area (Å²) in [6, 6.07) is 10.6. The van der Waals surface area contributed by atoms with Gasteiger partial charge < -0.3 is 15.7 Å². The molecule has 6 nitrogen and oxygen atoms in total. The average molecular weight is 331 g/mol. The summed E-state index contributed by atoms with van der Waals surface area (Å²) in [7, 11) is 1.79. The minimum absolute atomic E-state index is 0.194. The number of hydrogen-bond donors (Lipinski definition) is 3. The van der Waals surface area contributed by atoms with Gasteiger partial charge in [0, 0.05) is 35.7 Å². The minimum Gasteiger partial charge on any atom is -0.391 e. The van der Waals surface area contributed by atoms with E-state index in [1.54, 1.807) is 49.6 Å². The molecule has 2 heterocycles. The number of nitrogens with zero attached hydrogens (tertiary/aromatic N) is 2. The Balaban J connectivity index is 2.16. The average Bonchev–Trinajstić information content (AvgIpc) is 2.54. The molecular formula is C16H15ClN4O2. The van der Waals surface area contributed by atoms with E-state index in [9.17, 15) is 9.90 Å². The first kappa shape index (κ1) is 15.3. The third-order valence-electron chi connectivity index (χ3n) is 3.46. The van der Waals surface area contributed by atoms with Crippen molar-refractivity contribution >= 4 is 34.4 Å². The molecule has 1 aromatic carbocycles. The Bertz CT molecular complexity index is 924. The first-order valence-corrected chi connectivity index (χ1v) is 7.36. The van der Waals surface area contributed by atoms with Crippen molar-refractivity contribution in [2.45, 2.75) is 6.61 Å². The van der Waals surface area contributed by atoms with Crippen LogP contribution in [0.25, 0.3) is 5.65 Å². The molecule has 0 aliphatic carbocycles. The zero-order chi connectivity index (χ0) is 16.4. The molecule has 0 bridgehead atoms. The molecule has 0 fully saturated rings. The van der Waals surface area contributed by atoms with E-state index in [1.807, 2.05) is 0 Å². The number of benzene rings is 1. The van der Waals surface area contributed by atoms with E-state index in [4.69, 9.17) is 11.6 Å². The second-order valence-corrected chi connectivity index (χ2v) is 5.37. The molecule has 3 aromatic rings. The monoisotopic (exact) mass is 330 g/mol. The van der Waals surface area contributed by atoms with Gasteiger partial charge in [0.05, 0.1) is 12.2 Å². The zero-order valence-electron chi connectivity index (χ0n) is 12.4. The van der Waals surface area contributed by atoms with Gasteiger partial charge in [-0.25, -0.2) is 4.98 Å². The van der Waals surface area contributed by atoms with E-state index in [1.165, 1.54) is 4.40 Å². The van der Waals surface area contributed by atoms with Crippen molar-refractivity contribution in [1.82, 2.24) is 9.38 Å². The Morgan fingerprint density at radius 3 is 2.78 bits per heavy atom. The highest BCUT2D eigenvalue weighted by Gasteiger charge is 2.12. The lowest BCUT2D eigenvalue weighted by molar-refractivity contribution is 0.280. The highest BCUT2D eigenvalue weighted by molar-refractivity contribution is 6.30. The molecule has 23 heavy (non-hydrogen) atoms. The summed E-state index contributed by atoms with van der Waals surface area (Å²) in [5.41, 5.74) is 1.88. The van der Waals surface area contributed by atoms with Gasteiger partial charge in [0.25, 0.3) is 5.56 Å². The van der Waals surface area contributed by atoms with Crippen molar-refractivity contribution in [3.8, 4) is 0 Å². The highest BCUT2D eigenvalue weighted by atomic mass is 35.5. The number of hydrogen-bond acceptors (Lipinski definition) is 5. The lowest BCUT2D eigenvalue weighted by Gasteiger charge is -2.12. The summed E-state index contributed by atoms with van der Waals surface area (Å²) in [4.78, 5) is 17.0. The molecule has 0 saturated heterocycles. The predicted octanol–water partition coefficient (Wildman–Crippen LogP) is 2.63. The fourth-order valence-electron chi connectivity index (χ4n) is 2.28. The van der Waals surface area contributed by atoms with Crippen molar-refractivity contribution in [3.05, 3.63) is 63.5 Å². The molecule has 0 unspecified atom stereocenters. The molecule has 0 amide bonds. The Morgan fingerprint density at radius 2 is 2.09 bits per heavy atom. The van der Waals surface area contributed by atoms with E-state index < -0.39 is 6.61 Å². The summed E-state index contributed by atoms with van der Waals surface area (Å²) < 4.78 is 1.40. The first-order valence-electron chi connectivity index (χ1n) is 6.99. The maximum Gasteiger partial charge on any atom is 0.265 e. The number of aromatic nitrogens is 2. The number of rotatable bonds is 4. The van der Waals surface area contributed by atoms with E-state index in [0.717, 1.165) is 5.69 Å². The standard InChI is InChI=1S/C16H15ClN4O2/c1-18-11-5-6-21-14(8-11)20-15(13(9-22)16(21)23)19-12-4-2-3-10(17)7-12/h2-8,18-19,22H,9H2,1H3. The van der Waals surface area contributed by atoms with Crippen LogP contribution in [0, 0.1) is 0 Å². The van der Waals surface area contributed by atoms with Crippen molar-refractivity contribution in [2.24, 2.45) is 0 Å². The maximum absolute atomic E-state index is 12.5. The first-order chi connectivity index (χ1) is 11.1. The molecule has 7 heteroatoms. The van der Waals surface area contributed by atoms with Gasteiger partial charge in [-0.15, -0.1) is 0 Å². The molecule has 0 radical (unpaired) electrons. The normalized spacial score (nSPS) is 10.7. The summed E-state index contributed by atoms with van der Waals surface area (Å²) in [6.45, 7) is -0.411. The van der Waals surface area contributed by atoms with Gasteiger partial charge in [0.2, 0.25) is 0 Å². The van der Waals surface area contributed by atoms with Crippen LogP contribution in [0.4, 0.5) is 17.2 Å². The lowest BCUT2D eigenvalue weighted by atomic mass is 10.2. The van der Waals surface area contributed by atoms with Crippen LogP contribution < -0.4 is 16.2 Å². The highest BCUT2D eigenvalue weighted by Crippen LogP contribution is 2.21. The second-order valence-electron chi connectivity index (χ2n) is 4.93. The largest absolute Gasteiger partial charge is 0.391 e. The number of anilines is 3. The van der Waals surface area contributed by atoms with Gasteiger partial charge in [0.1, 0.15) is 11.5 Å². The van der Waals surface area contributed by atoms with E-state index >= 15 is 0 Å². The van der Waals surface area contributed by atoms with Gasteiger partial charge in [-0.05, 0) is 24.3 Å². The van der Waals surface area contributed by atoms with Crippen LogP contribution >= 0.6 is 11.6 Å². The molecule has 0 spiro atoms. The SMILES string of the molecule is CNc1ccn2c(=O)c(CO)c(Nc3cccc(Cl)c3)nc2c1. The fraction of sp³-hybridized carbons (Fsp3) is 0.125. The number of pyridine rings is 1. The Labute approximate surface area is 137 Å². The molecule has 118 valence electrons. The number of aliphatic hydroxyl groups excluding tert-OH is 1. The van der Waals surface area contributed by atoms with E-state index in [2.05, 4.69) is 15.6 Å². The van der Waals surface area contributed by atoms with Gasteiger partial charge >= 0.3 is 0 Å². The van der Waals surface area contributed by atoms with Crippen LogP contribution in [-0.4, -0.2) is 21.5 Å². The molecule has 0 atom stereocenters. The van der Waals surface area contributed by atoms with Crippen molar-refractivity contribution in [2.75, 3.05) is 17.7 Å². The Morgan fingerprint density at radius 1 is 1.26 bits per heavy atom. The second kappa shape index (κ2) is 6.28. The van der Waals surface area contributed by atoms with E-state index in [0.29, 0.717) is 22.2 Å². The van der Waals surface area contributed by atoms with Crippen LogP contribution in [0.3, 0.4) is 0 Å². The topological polar surface area (TPSA) is 78.7 Å². The predicted molar refractivity (Wildman–Crippen MR) is 91.7 cm³/mol. The molecule has 0 saturated carbocycles. The van der Waals surface area contributed by atoms with Gasteiger partial charge in [0.15, 0.2) is 0 Å². The van der Waals surface area contributed by atoms with Crippen LogP contribution in [-0.2, 0) is 6.61 Å². The van der Waals surface area contributed by atoms with Crippen LogP contribution in [0.5, 0.6) is 0 Å². The molecule has 0 aliphatic rings. The molecule has 0 aliphatic heterocycles. The van der Waals surface area contributed by atoms with Crippen LogP contribution in [0.1, 0.15) is 5.56 Å². The van der Waals surface area contributed by atoms with Crippen molar-refractivity contribution in [3.63, 3.8) is 0 Å². The minimum atomic E-state index is -0.411. The fourth-order valence-corrected chi connectivity index (χ4v) is 2.47. The summed E-state index contributed by atoms with van der Waals surface area (Å²) in [6.07, 6.45) is 1.62. The Hall–Kier alpha value is -2.57. The van der Waals surface area contributed by atoms with Gasteiger partial charge in [-0.2, -0.15) is 0 Å². The molecule has 3 N–H and O–H groups in total. The van der Waals surface area contributed by atoms with E-state index in [-0.39, 0.29) is 11.1 Å². The van der Waals surface area contributed by atoms with Crippen molar-refractivity contribution in [1.29, 1.82) is 0 Å². The smallest absolute Gasteiger partial charge is 0.265 e. The van der Waals surface area contributed by atoms with Crippen LogP contribution in [0.2, 0.25) is 5.02 Å². The quantitative estimate of drug-likeness (QED) is 0.685.